The van der Waals surface area contributed by atoms with Gasteiger partial charge in [0.1, 0.15) is 0 Å². The number of fused-ring (bicyclic) bond motifs is 2. The van der Waals surface area contributed by atoms with Crippen molar-refractivity contribution in [3.8, 4) is 0 Å². The van der Waals surface area contributed by atoms with E-state index in [0.717, 1.165) is 25.4 Å². The summed E-state index contributed by atoms with van der Waals surface area (Å²) in [5.41, 5.74) is 2.62. The zero-order valence-electron chi connectivity index (χ0n) is 8.99. The summed E-state index contributed by atoms with van der Waals surface area (Å²) in [6.07, 6.45) is 0. The van der Waals surface area contributed by atoms with Crippen molar-refractivity contribution in [2.75, 3.05) is 0 Å². The van der Waals surface area contributed by atoms with Gasteiger partial charge in [0, 0.05) is 16.0 Å². The van der Waals surface area contributed by atoms with Crippen LogP contribution in [0.2, 0.25) is 0 Å². The highest BCUT2D eigenvalue weighted by Gasteiger charge is 2.33. The quantitative estimate of drug-likeness (QED) is 0.475. The molecule has 0 aliphatic heterocycles. The Balaban J connectivity index is 2.30. The molecule has 0 radical (unpaired) electrons. The number of ketones is 1. The monoisotopic (exact) mass is 448 g/mol. The molecule has 1 aromatic heterocycles. The highest BCUT2D eigenvalue weighted by Crippen LogP contribution is 2.50. The molecule has 5 heteroatoms. The Morgan fingerprint density at radius 2 is 1.78 bits per heavy atom. The third-order valence-electron chi connectivity index (χ3n) is 2.99. The van der Waals surface area contributed by atoms with Crippen LogP contribution in [-0.4, -0.2) is 5.78 Å². The van der Waals surface area contributed by atoms with Crippen molar-refractivity contribution in [3.63, 3.8) is 0 Å². The van der Waals surface area contributed by atoms with E-state index in [-0.39, 0.29) is 15.4 Å². The summed E-state index contributed by atoms with van der Waals surface area (Å²) in [5.74, 6) is 0.106. The third kappa shape index (κ3) is 1.96. The molecule has 0 N–H and O–H groups in total. The largest absolute Gasteiger partial charge is 0.289 e. The van der Waals surface area contributed by atoms with Crippen LogP contribution in [0.4, 0.5) is 0 Å². The molecule has 2 atom stereocenters. The Labute approximate surface area is 134 Å². The van der Waals surface area contributed by atoms with Crippen LogP contribution < -0.4 is 0 Å². The summed E-state index contributed by atoms with van der Waals surface area (Å²) in [6, 6.07) is 9.69. The van der Waals surface area contributed by atoms with E-state index in [1.807, 2.05) is 30.3 Å². The number of alkyl halides is 2. The van der Waals surface area contributed by atoms with Gasteiger partial charge in [0.05, 0.1) is 13.4 Å². The van der Waals surface area contributed by atoms with E-state index in [4.69, 9.17) is 0 Å². The zero-order valence-corrected chi connectivity index (χ0v) is 14.6. The fourth-order valence-electron chi connectivity index (χ4n) is 2.14. The highest BCUT2D eigenvalue weighted by atomic mass is 79.9. The van der Waals surface area contributed by atoms with Crippen molar-refractivity contribution in [1.29, 1.82) is 0 Å². The van der Waals surface area contributed by atoms with Crippen LogP contribution in [-0.2, 0) is 0 Å². The minimum Gasteiger partial charge on any atom is -0.289 e. The number of halogens is 3. The van der Waals surface area contributed by atoms with Gasteiger partial charge in [-0.25, -0.2) is 0 Å². The Kier molecular flexibility index (Phi) is 3.51. The van der Waals surface area contributed by atoms with Crippen molar-refractivity contribution < 1.29 is 4.79 Å². The average Bonchev–Trinajstić information content (AvgIpc) is 2.75. The van der Waals surface area contributed by atoms with E-state index >= 15 is 0 Å². The van der Waals surface area contributed by atoms with Crippen LogP contribution in [0.3, 0.4) is 0 Å². The van der Waals surface area contributed by atoms with E-state index < -0.39 is 0 Å². The van der Waals surface area contributed by atoms with Crippen molar-refractivity contribution in [2.45, 2.75) is 9.65 Å². The van der Waals surface area contributed by atoms with Gasteiger partial charge in [0.15, 0.2) is 5.78 Å². The fraction of sp³-hybridized carbons (Fsp3) is 0.154. The highest BCUT2D eigenvalue weighted by molar-refractivity contribution is 9.12. The fourth-order valence-corrected chi connectivity index (χ4v) is 5.44. The van der Waals surface area contributed by atoms with E-state index in [0.29, 0.717) is 0 Å². The first kappa shape index (κ1) is 13.0. The molecule has 1 aromatic carbocycles. The molecular weight excluding hydrogens is 444 g/mol. The number of carbonyl (C=O) groups is 1. The maximum atomic E-state index is 12.6. The van der Waals surface area contributed by atoms with Gasteiger partial charge in [-0.15, -0.1) is 11.3 Å². The third-order valence-corrected chi connectivity index (χ3v) is 7.73. The maximum Gasteiger partial charge on any atom is 0.194 e. The van der Waals surface area contributed by atoms with Crippen molar-refractivity contribution >= 4 is 64.9 Å². The molecule has 0 amide bonds. The molecule has 1 aliphatic rings. The van der Waals surface area contributed by atoms with Gasteiger partial charge in [-0.2, -0.15) is 0 Å². The predicted molar refractivity (Wildman–Crippen MR) is 85.2 cm³/mol. The topological polar surface area (TPSA) is 17.1 Å². The molecule has 1 aliphatic carbocycles. The molecule has 3 rings (SSSR count). The van der Waals surface area contributed by atoms with Crippen LogP contribution in [0.1, 0.15) is 36.0 Å². The minimum atomic E-state index is 0.101. The second-order valence-electron chi connectivity index (χ2n) is 4.05. The molecule has 2 aromatic rings. The molecular formula is C13H7Br3OS. The summed E-state index contributed by atoms with van der Waals surface area (Å²) in [4.78, 5) is 13.9. The Bertz CT molecular complexity index is 635. The summed E-state index contributed by atoms with van der Waals surface area (Å²) in [7, 11) is 0. The summed E-state index contributed by atoms with van der Waals surface area (Å²) >= 11 is 12.5. The number of hydrogen-bond acceptors (Lipinski definition) is 2. The average molecular weight is 451 g/mol. The van der Waals surface area contributed by atoms with Crippen molar-refractivity contribution in [3.05, 3.63) is 55.7 Å². The summed E-state index contributed by atoms with van der Waals surface area (Å²) < 4.78 is 0.990. The first-order valence-corrected chi connectivity index (χ1v) is 8.74. The van der Waals surface area contributed by atoms with Crippen LogP contribution in [0.5, 0.6) is 0 Å². The predicted octanol–water partition coefficient (Wildman–Crippen LogP) is 5.63. The van der Waals surface area contributed by atoms with Gasteiger partial charge in [-0.1, -0.05) is 56.1 Å². The van der Waals surface area contributed by atoms with Crippen molar-refractivity contribution in [2.24, 2.45) is 0 Å². The molecule has 18 heavy (non-hydrogen) atoms. The normalized spacial score (nSPS) is 22.3. The Morgan fingerprint density at radius 3 is 2.56 bits per heavy atom. The van der Waals surface area contributed by atoms with Crippen LogP contribution >= 0.6 is 59.1 Å². The first-order chi connectivity index (χ1) is 8.59. The van der Waals surface area contributed by atoms with Gasteiger partial charge >= 0.3 is 0 Å². The zero-order chi connectivity index (χ0) is 12.9. The molecule has 2 unspecified atom stereocenters. The van der Waals surface area contributed by atoms with Crippen molar-refractivity contribution in [1.82, 2.24) is 0 Å². The Morgan fingerprint density at radius 1 is 1.06 bits per heavy atom. The van der Waals surface area contributed by atoms with Gasteiger partial charge in [-0.3, -0.25) is 4.79 Å². The SMILES string of the molecule is O=C1c2ccccc2C(Br)C(Br)c2sc(Br)cc21. The smallest absolute Gasteiger partial charge is 0.194 e. The second-order valence-corrected chi connectivity index (χ2v) is 8.48. The molecule has 1 heterocycles. The van der Waals surface area contributed by atoms with Crippen LogP contribution in [0, 0.1) is 0 Å². The Hall–Kier alpha value is 0.0300. The number of thiophene rings is 1. The minimum absolute atomic E-state index is 0.101. The molecule has 0 spiro atoms. The lowest BCUT2D eigenvalue weighted by Crippen LogP contribution is -2.02. The maximum absolute atomic E-state index is 12.6. The lowest BCUT2D eigenvalue weighted by Gasteiger charge is -2.15. The van der Waals surface area contributed by atoms with E-state index in [9.17, 15) is 4.79 Å². The number of benzene rings is 1. The lowest BCUT2D eigenvalue weighted by atomic mass is 10.0. The first-order valence-electron chi connectivity index (χ1n) is 5.30. The van der Waals surface area contributed by atoms with Gasteiger partial charge in [0.2, 0.25) is 0 Å². The molecule has 0 saturated heterocycles. The van der Waals surface area contributed by atoms with Gasteiger partial charge in [-0.05, 0) is 27.6 Å². The van der Waals surface area contributed by atoms with Gasteiger partial charge < -0.3 is 0 Å². The molecule has 0 saturated carbocycles. The van der Waals surface area contributed by atoms with Gasteiger partial charge in [0.25, 0.3) is 0 Å². The number of rotatable bonds is 0. The number of carbonyl (C=O) groups excluding carboxylic acids is 1. The lowest BCUT2D eigenvalue weighted by molar-refractivity contribution is 0.103. The standard InChI is InChI=1S/C13H7Br3OS/c14-9-5-8-12(17)7-4-2-1-3-6(7)10(15)11(16)13(8)18-9/h1-5,10-11H. The molecule has 1 nitrogen and oxygen atoms in total. The summed E-state index contributed by atoms with van der Waals surface area (Å²) in [5, 5.41) is 0. The molecule has 92 valence electrons. The van der Waals surface area contributed by atoms with E-state index in [1.165, 1.54) is 0 Å². The van der Waals surface area contributed by atoms with E-state index in [1.54, 1.807) is 11.3 Å². The van der Waals surface area contributed by atoms with Crippen LogP contribution in [0.15, 0.2) is 34.1 Å². The van der Waals surface area contributed by atoms with Crippen LogP contribution in [0.25, 0.3) is 0 Å². The number of hydrogen-bond donors (Lipinski definition) is 0. The molecule has 0 bridgehead atoms. The van der Waals surface area contributed by atoms with E-state index in [2.05, 4.69) is 47.8 Å². The summed E-state index contributed by atoms with van der Waals surface area (Å²) in [6.45, 7) is 0. The second kappa shape index (κ2) is 4.85. The molecule has 0 fully saturated rings.